The van der Waals surface area contributed by atoms with Crippen LogP contribution in [0.3, 0.4) is 0 Å². The van der Waals surface area contributed by atoms with Gasteiger partial charge < -0.3 is 14.2 Å². The van der Waals surface area contributed by atoms with Gasteiger partial charge in [-0.2, -0.15) is 0 Å². The maximum Gasteiger partial charge on any atom is 0.255 e. The van der Waals surface area contributed by atoms with Gasteiger partial charge in [0.15, 0.2) is 0 Å². The predicted octanol–water partition coefficient (Wildman–Crippen LogP) is 1.96. The molecule has 26 heavy (non-hydrogen) atoms. The number of carbonyl (C=O) groups excluding carboxylic acids is 1. The van der Waals surface area contributed by atoms with Crippen molar-refractivity contribution in [1.82, 2.24) is 24.3 Å². The molecule has 4 heterocycles. The summed E-state index contributed by atoms with van der Waals surface area (Å²) in [6, 6.07) is 5.60. The van der Waals surface area contributed by atoms with Crippen LogP contribution in [0.4, 0.5) is 5.95 Å². The average molecular weight is 350 g/mol. The fourth-order valence-corrected chi connectivity index (χ4v) is 3.42. The summed E-state index contributed by atoms with van der Waals surface area (Å²) < 4.78 is 2.01. The lowest BCUT2D eigenvalue weighted by atomic mass is 10.2. The molecule has 4 rings (SSSR count). The molecular weight excluding hydrogens is 328 g/mol. The smallest absolute Gasteiger partial charge is 0.255 e. The third-order valence-corrected chi connectivity index (χ3v) is 4.94. The Balaban J connectivity index is 1.50. The van der Waals surface area contributed by atoms with Crippen molar-refractivity contribution in [3.8, 4) is 0 Å². The highest BCUT2D eigenvalue weighted by Gasteiger charge is 2.23. The minimum atomic E-state index is 0.0617. The normalized spacial score (nSPS) is 14.8. The van der Waals surface area contributed by atoms with Crippen molar-refractivity contribution in [2.45, 2.75) is 20.3 Å². The number of piperazine rings is 1. The van der Waals surface area contributed by atoms with Gasteiger partial charge in [-0.1, -0.05) is 6.92 Å². The van der Waals surface area contributed by atoms with Crippen molar-refractivity contribution < 1.29 is 4.79 Å². The Morgan fingerprint density at radius 1 is 1.12 bits per heavy atom. The van der Waals surface area contributed by atoms with Gasteiger partial charge >= 0.3 is 0 Å². The first-order chi connectivity index (χ1) is 12.7. The molecule has 0 saturated carbocycles. The minimum absolute atomic E-state index is 0.0617. The van der Waals surface area contributed by atoms with E-state index in [1.54, 1.807) is 12.4 Å². The second kappa shape index (κ2) is 6.74. The summed E-state index contributed by atoms with van der Waals surface area (Å²) in [6.45, 7) is 6.95. The lowest BCUT2D eigenvalue weighted by Gasteiger charge is -2.34. The Hall–Kier alpha value is -2.96. The molecule has 0 aliphatic carbocycles. The van der Waals surface area contributed by atoms with E-state index in [2.05, 4.69) is 26.8 Å². The Morgan fingerprint density at radius 3 is 2.54 bits per heavy atom. The summed E-state index contributed by atoms with van der Waals surface area (Å²) in [6.07, 6.45) is 6.28. The van der Waals surface area contributed by atoms with Crippen molar-refractivity contribution in [2.24, 2.45) is 0 Å². The molecule has 0 aromatic carbocycles. The topological polar surface area (TPSA) is 66.6 Å². The van der Waals surface area contributed by atoms with E-state index < -0.39 is 0 Å². The lowest BCUT2D eigenvalue weighted by Crippen LogP contribution is -2.49. The summed E-state index contributed by atoms with van der Waals surface area (Å²) in [5.74, 6) is 0.786. The van der Waals surface area contributed by atoms with E-state index in [-0.39, 0.29) is 5.91 Å². The number of pyridine rings is 1. The number of nitrogens with zero attached hydrogens (tertiary/aromatic N) is 6. The molecule has 7 heteroatoms. The predicted molar refractivity (Wildman–Crippen MR) is 99.5 cm³/mol. The van der Waals surface area contributed by atoms with Crippen LogP contribution in [0.15, 0.2) is 36.8 Å². The zero-order valence-electron chi connectivity index (χ0n) is 15.1. The van der Waals surface area contributed by atoms with E-state index in [9.17, 15) is 4.79 Å². The van der Waals surface area contributed by atoms with Gasteiger partial charge in [0.2, 0.25) is 5.95 Å². The first kappa shape index (κ1) is 16.5. The largest absolute Gasteiger partial charge is 0.337 e. The van der Waals surface area contributed by atoms with E-state index in [0.717, 1.165) is 42.5 Å². The van der Waals surface area contributed by atoms with Gasteiger partial charge in [0.05, 0.1) is 11.3 Å². The van der Waals surface area contributed by atoms with Crippen LogP contribution in [0.2, 0.25) is 0 Å². The Morgan fingerprint density at radius 2 is 1.85 bits per heavy atom. The highest BCUT2D eigenvalue weighted by molar-refractivity contribution is 5.94. The monoisotopic (exact) mass is 350 g/mol. The van der Waals surface area contributed by atoms with Crippen LogP contribution in [0, 0.1) is 6.92 Å². The van der Waals surface area contributed by atoms with Gasteiger partial charge in [-0.3, -0.25) is 4.79 Å². The minimum Gasteiger partial charge on any atom is -0.337 e. The van der Waals surface area contributed by atoms with Gasteiger partial charge in [-0.15, -0.1) is 0 Å². The Bertz CT molecular complexity index is 928. The molecule has 7 nitrogen and oxygen atoms in total. The van der Waals surface area contributed by atoms with Crippen LogP contribution in [-0.2, 0) is 6.42 Å². The summed E-state index contributed by atoms with van der Waals surface area (Å²) in [7, 11) is 0. The first-order valence-corrected chi connectivity index (χ1v) is 8.96. The van der Waals surface area contributed by atoms with E-state index in [1.165, 1.54) is 0 Å². The Kier molecular flexibility index (Phi) is 4.28. The van der Waals surface area contributed by atoms with Crippen molar-refractivity contribution in [3.05, 3.63) is 53.7 Å². The number of amides is 1. The molecule has 1 aliphatic heterocycles. The third kappa shape index (κ3) is 2.89. The molecule has 0 bridgehead atoms. The fraction of sp³-hybridized carbons (Fsp3) is 0.368. The molecule has 134 valence electrons. The zero-order chi connectivity index (χ0) is 18.1. The second-order valence-electron chi connectivity index (χ2n) is 6.47. The van der Waals surface area contributed by atoms with Gasteiger partial charge in [0.1, 0.15) is 5.65 Å². The first-order valence-electron chi connectivity index (χ1n) is 8.96. The molecule has 0 unspecified atom stereocenters. The van der Waals surface area contributed by atoms with Crippen molar-refractivity contribution >= 4 is 17.5 Å². The van der Waals surface area contributed by atoms with E-state index in [4.69, 9.17) is 0 Å². The molecule has 3 aromatic rings. The SMILES string of the molecule is CCc1nc2ccc(C(=O)N3CCN(c4ncccn4)CC3)cn2c1C. The summed E-state index contributed by atoms with van der Waals surface area (Å²) in [4.78, 5) is 30.1. The van der Waals surface area contributed by atoms with Gasteiger partial charge in [0.25, 0.3) is 5.91 Å². The van der Waals surface area contributed by atoms with Crippen LogP contribution in [-0.4, -0.2) is 56.3 Å². The fourth-order valence-electron chi connectivity index (χ4n) is 3.42. The quantitative estimate of drug-likeness (QED) is 0.722. The number of anilines is 1. The van der Waals surface area contributed by atoms with Gasteiger partial charge in [-0.05, 0) is 31.5 Å². The third-order valence-electron chi connectivity index (χ3n) is 4.94. The highest BCUT2D eigenvalue weighted by atomic mass is 16.2. The molecule has 0 N–H and O–H groups in total. The number of rotatable bonds is 3. The maximum absolute atomic E-state index is 12.9. The van der Waals surface area contributed by atoms with Crippen LogP contribution >= 0.6 is 0 Å². The number of hydrogen-bond acceptors (Lipinski definition) is 5. The molecule has 0 radical (unpaired) electrons. The van der Waals surface area contributed by atoms with E-state index >= 15 is 0 Å². The molecule has 1 amide bonds. The number of fused-ring (bicyclic) bond motifs is 1. The van der Waals surface area contributed by atoms with Crippen molar-refractivity contribution in [3.63, 3.8) is 0 Å². The molecule has 1 saturated heterocycles. The molecule has 3 aromatic heterocycles. The molecule has 1 aliphatic rings. The number of hydrogen-bond donors (Lipinski definition) is 0. The zero-order valence-corrected chi connectivity index (χ0v) is 15.1. The summed E-state index contributed by atoms with van der Waals surface area (Å²) >= 11 is 0. The summed E-state index contributed by atoms with van der Waals surface area (Å²) in [5.41, 5.74) is 3.77. The van der Waals surface area contributed by atoms with Crippen molar-refractivity contribution in [1.29, 1.82) is 0 Å². The Labute approximate surface area is 152 Å². The van der Waals surface area contributed by atoms with Crippen LogP contribution in [0.25, 0.3) is 5.65 Å². The van der Waals surface area contributed by atoms with Crippen LogP contribution < -0.4 is 4.90 Å². The number of aryl methyl sites for hydroxylation is 2. The molecule has 0 atom stereocenters. The van der Waals surface area contributed by atoms with Gasteiger partial charge in [-0.25, -0.2) is 15.0 Å². The number of aromatic nitrogens is 4. The number of imidazole rings is 1. The standard InChI is InChI=1S/C19H22N6O/c1-3-16-14(2)25-13-15(5-6-17(25)22-16)18(26)23-9-11-24(12-10-23)19-20-7-4-8-21-19/h4-8,13H,3,9-12H2,1-2H3. The number of carbonyl (C=O) groups is 1. The molecular formula is C19H22N6O. The average Bonchev–Trinajstić information content (AvgIpc) is 3.03. The van der Waals surface area contributed by atoms with Crippen LogP contribution in [0.1, 0.15) is 28.7 Å². The molecule has 0 spiro atoms. The van der Waals surface area contributed by atoms with E-state index in [0.29, 0.717) is 18.7 Å². The maximum atomic E-state index is 12.9. The second-order valence-corrected chi connectivity index (χ2v) is 6.47. The van der Waals surface area contributed by atoms with Crippen LogP contribution in [0.5, 0.6) is 0 Å². The molecule has 1 fully saturated rings. The van der Waals surface area contributed by atoms with E-state index in [1.807, 2.05) is 40.6 Å². The lowest BCUT2D eigenvalue weighted by molar-refractivity contribution is 0.0745. The summed E-state index contributed by atoms with van der Waals surface area (Å²) in [5, 5.41) is 0. The highest BCUT2D eigenvalue weighted by Crippen LogP contribution is 2.16. The van der Waals surface area contributed by atoms with Gasteiger partial charge in [0, 0.05) is 50.5 Å². The van der Waals surface area contributed by atoms with Crippen molar-refractivity contribution in [2.75, 3.05) is 31.1 Å².